The molecule has 1 aliphatic rings. The third-order valence-corrected chi connectivity index (χ3v) is 3.33. The second-order valence-corrected chi connectivity index (χ2v) is 4.71. The molecule has 0 radical (unpaired) electrons. The van der Waals surface area contributed by atoms with E-state index in [1.807, 2.05) is 0 Å². The first-order valence-electron chi connectivity index (χ1n) is 5.41. The lowest BCUT2D eigenvalue weighted by molar-refractivity contribution is 0.309. The minimum Gasteiger partial charge on any atom is -0.309 e. The molecule has 1 nitrogen and oxygen atoms in total. The van der Waals surface area contributed by atoms with Crippen LogP contribution in [0.25, 0.3) is 0 Å². The Morgan fingerprint density at radius 3 is 2.64 bits per heavy atom. The third-order valence-electron chi connectivity index (χ3n) is 3.33. The molecule has 1 aromatic rings. The van der Waals surface area contributed by atoms with Crippen LogP contribution >= 0.6 is 0 Å². The Balaban J connectivity index is 2.17. The van der Waals surface area contributed by atoms with Crippen LogP contribution in [0.15, 0.2) is 24.3 Å². The quantitative estimate of drug-likeness (QED) is 0.691. The molecule has 2 atom stereocenters. The van der Waals surface area contributed by atoms with Crippen molar-refractivity contribution in [1.82, 2.24) is 4.90 Å². The fourth-order valence-electron chi connectivity index (χ4n) is 2.57. The van der Waals surface area contributed by atoms with Gasteiger partial charge in [-0.05, 0) is 43.5 Å². The SMILES string of the molecule is C[C@@H]1c2ccccc2C[C@@H]1CN(C)C. The Hall–Kier alpha value is -0.820. The van der Waals surface area contributed by atoms with Gasteiger partial charge in [0.15, 0.2) is 0 Å². The molecule has 1 heteroatoms. The highest BCUT2D eigenvalue weighted by atomic mass is 15.1. The van der Waals surface area contributed by atoms with Gasteiger partial charge in [-0.2, -0.15) is 0 Å². The molecule has 0 saturated heterocycles. The molecule has 2 rings (SSSR count). The Bertz CT molecular complexity index is 317. The lowest BCUT2D eigenvalue weighted by Gasteiger charge is -2.20. The first-order valence-corrected chi connectivity index (χ1v) is 5.41. The minimum absolute atomic E-state index is 0.730. The smallest absolute Gasteiger partial charge is 0.00125 e. The highest BCUT2D eigenvalue weighted by Crippen LogP contribution is 2.37. The summed E-state index contributed by atoms with van der Waals surface area (Å²) in [5, 5.41) is 0. The number of benzene rings is 1. The van der Waals surface area contributed by atoms with Crippen LogP contribution in [0.5, 0.6) is 0 Å². The number of fused-ring (bicyclic) bond motifs is 1. The maximum absolute atomic E-state index is 2.36. The van der Waals surface area contributed by atoms with Crippen molar-refractivity contribution in [2.45, 2.75) is 19.3 Å². The van der Waals surface area contributed by atoms with Crippen LogP contribution in [0, 0.1) is 5.92 Å². The number of hydrogen-bond donors (Lipinski definition) is 0. The van der Waals surface area contributed by atoms with Gasteiger partial charge in [-0.3, -0.25) is 0 Å². The number of rotatable bonds is 2. The molecule has 0 amide bonds. The van der Waals surface area contributed by atoms with Crippen LogP contribution in [0.3, 0.4) is 0 Å². The van der Waals surface area contributed by atoms with Gasteiger partial charge in [-0.1, -0.05) is 31.2 Å². The van der Waals surface area contributed by atoms with Gasteiger partial charge in [0, 0.05) is 6.54 Å². The molecule has 0 heterocycles. The molecular weight excluding hydrogens is 170 g/mol. The molecule has 0 aromatic heterocycles. The molecule has 0 fully saturated rings. The third kappa shape index (κ3) is 1.69. The van der Waals surface area contributed by atoms with Gasteiger partial charge in [0.25, 0.3) is 0 Å². The van der Waals surface area contributed by atoms with Gasteiger partial charge in [0.2, 0.25) is 0 Å². The van der Waals surface area contributed by atoms with E-state index in [0.29, 0.717) is 0 Å². The van der Waals surface area contributed by atoms with E-state index in [-0.39, 0.29) is 0 Å². The normalized spacial score (nSPS) is 25.4. The van der Waals surface area contributed by atoms with Crippen LogP contribution in [-0.4, -0.2) is 25.5 Å². The highest BCUT2D eigenvalue weighted by Gasteiger charge is 2.28. The topological polar surface area (TPSA) is 3.24 Å². The standard InChI is InChI=1S/C13H19N/c1-10-12(9-14(2)3)8-11-6-4-5-7-13(10)11/h4-7,10,12H,8-9H2,1-3H3/t10-,12+/m0/s1. The lowest BCUT2D eigenvalue weighted by Crippen LogP contribution is -2.23. The van der Waals surface area contributed by atoms with Gasteiger partial charge in [-0.25, -0.2) is 0 Å². The zero-order valence-corrected chi connectivity index (χ0v) is 9.33. The predicted molar refractivity (Wildman–Crippen MR) is 60.6 cm³/mol. The van der Waals surface area contributed by atoms with E-state index in [4.69, 9.17) is 0 Å². The Morgan fingerprint density at radius 2 is 2.00 bits per heavy atom. The molecule has 0 saturated carbocycles. The van der Waals surface area contributed by atoms with Crippen molar-refractivity contribution >= 4 is 0 Å². The van der Waals surface area contributed by atoms with Crippen molar-refractivity contribution in [1.29, 1.82) is 0 Å². The summed E-state index contributed by atoms with van der Waals surface area (Å²) in [5.74, 6) is 1.54. The van der Waals surface area contributed by atoms with E-state index in [0.717, 1.165) is 11.8 Å². The first-order chi connectivity index (χ1) is 6.68. The maximum Gasteiger partial charge on any atom is 0.00125 e. The van der Waals surface area contributed by atoms with E-state index >= 15 is 0 Å². The average molecular weight is 189 g/mol. The predicted octanol–water partition coefficient (Wildman–Crippen LogP) is 2.52. The monoisotopic (exact) mass is 189 g/mol. The molecule has 0 unspecified atom stereocenters. The molecular formula is C13H19N. The molecule has 1 aliphatic carbocycles. The summed E-state index contributed by atoms with van der Waals surface area (Å²) in [6.07, 6.45) is 1.26. The summed E-state index contributed by atoms with van der Waals surface area (Å²) in [5.41, 5.74) is 3.13. The average Bonchev–Trinajstić information content (AvgIpc) is 2.44. The lowest BCUT2D eigenvalue weighted by atomic mass is 9.94. The van der Waals surface area contributed by atoms with Crippen LogP contribution in [0.2, 0.25) is 0 Å². The van der Waals surface area contributed by atoms with Crippen molar-refractivity contribution in [3.05, 3.63) is 35.4 Å². The summed E-state index contributed by atoms with van der Waals surface area (Å²) in [7, 11) is 4.32. The number of hydrogen-bond acceptors (Lipinski definition) is 1. The van der Waals surface area contributed by atoms with E-state index in [1.165, 1.54) is 13.0 Å². The second kappa shape index (κ2) is 3.74. The summed E-state index contributed by atoms with van der Waals surface area (Å²) >= 11 is 0. The largest absolute Gasteiger partial charge is 0.309 e. The summed E-state index contributed by atoms with van der Waals surface area (Å²) in [4.78, 5) is 2.30. The van der Waals surface area contributed by atoms with Crippen molar-refractivity contribution in [2.24, 2.45) is 5.92 Å². The number of nitrogens with zero attached hydrogens (tertiary/aromatic N) is 1. The summed E-state index contributed by atoms with van der Waals surface area (Å²) < 4.78 is 0. The van der Waals surface area contributed by atoms with Crippen LogP contribution < -0.4 is 0 Å². The van der Waals surface area contributed by atoms with Crippen molar-refractivity contribution < 1.29 is 0 Å². The van der Waals surface area contributed by atoms with Gasteiger partial charge in [0.1, 0.15) is 0 Å². The molecule has 0 bridgehead atoms. The van der Waals surface area contributed by atoms with Crippen molar-refractivity contribution in [3.63, 3.8) is 0 Å². The molecule has 14 heavy (non-hydrogen) atoms. The Kier molecular flexibility index (Phi) is 2.60. The molecule has 1 aromatic carbocycles. The molecule has 0 N–H and O–H groups in total. The van der Waals surface area contributed by atoms with E-state index in [2.05, 4.69) is 50.2 Å². The fourth-order valence-corrected chi connectivity index (χ4v) is 2.57. The van der Waals surface area contributed by atoms with Gasteiger partial charge < -0.3 is 4.90 Å². The van der Waals surface area contributed by atoms with Crippen LogP contribution in [-0.2, 0) is 6.42 Å². The van der Waals surface area contributed by atoms with Gasteiger partial charge >= 0.3 is 0 Å². The molecule has 0 spiro atoms. The van der Waals surface area contributed by atoms with Gasteiger partial charge in [0.05, 0.1) is 0 Å². The maximum atomic E-state index is 2.36. The Labute approximate surface area is 86.7 Å². The van der Waals surface area contributed by atoms with Crippen molar-refractivity contribution in [2.75, 3.05) is 20.6 Å². The van der Waals surface area contributed by atoms with Gasteiger partial charge in [-0.15, -0.1) is 0 Å². The van der Waals surface area contributed by atoms with E-state index in [9.17, 15) is 0 Å². The zero-order valence-electron chi connectivity index (χ0n) is 9.33. The summed E-state index contributed by atoms with van der Waals surface area (Å²) in [6.45, 7) is 3.57. The van der Waals surface area contributed by atoms with E-state index < -0.39 is 0 Å². The molecule has 76 valence electrons. The van der Waals surface area contributed by atoms with Crippen LogP contribution in [0.1, 0.15) is 24.0 Å². The van der Waals surface area contributed by atoms with Crippen molar-refractivity contribution in [3.8, 4) is 0 Å². The Morgan fingerprint density at radius 1 is 1.29 bits per heavy atom. The summed E-state index contributed by atoms with van der Waals surface area (Å²) in [6, 6.07) is 8.88. The van der Waals surface area contributed by atoms with E-state index in [1.54, 1.807) is 11.1 Å². The minimum atomic E-state index is 0.730. The zero-order chi connectivity index (χ0) is 10.1. The second-order valence-electron chi connectivity index (χ2n) is 4.71. The highest BCUT2D eigenvalue weighted by molar-refractivity contribution is 5.35. The fraction of sp³-hybridized carbons (Fsp3) is 0.538. The molecule has 0 aliphatic heterocycles. The van der Waals surface area contributed by atoms with Crippen LogP contribution in [0.4, 0.5) is 0 Å². The first kappa shape index (κ1) is 9.72.